The topological polar surface area (TPSA) is 76.1 Å². The summed E-state index contributed by atoms with van der Waals surface area (Å²) in [6.45, 7) is 0.828. The van der Waals surface area contributed by atoms with Crippen molar-refractivity contribution in [2.75, 3.05) is 13.2 Å². The lowest BCUT2D eigenvalue weighted by Crippen LogP contribution is -2.36. The van der Waals surface area contributed by atoms with E-state index in [9.17, 15) is 19.1 Å². The normalized spacial score (nSPS) is 21.5. The fourth-order valence-corrected chi connectivity index (χ4v) is 4.56. The molecular weight excluding hydrogens is 449 g/mol. The van der Waals surface area contributed by atoms with Crippen molar-refractivity contribution in [2.45, 2.75) is 25.0 Å². The molecule has 0 aliphatic carbocycles. The zero-order chi connectivity index (χ0) is 24.4. The monoisotopic (exact) mass is 473 g/mol. The maximum absolute atomic E-state index is 13.5. The Kier molecular flexibility index (Phi) is 6.33. The number of carbonyl (C=O) groups is 2. The van der Waals surface area contributed by atoms with Crippen LogP contribution in [0.4, 0.5) is 4.39 Å². The molecule has 1 N–H and O–H groups in total. The number of carbonyl (C=O) groups excluding carboxylic acids is 2. The highest BCUT2D eigenvalue weighted by molar-refractivity contribution is 6.46. The fourth-order valence-electron chi connectivity index (χ4n) is 4.56. The number of rotatable bonds is 6. The van der Waals surface area contributed by atoms with Gasteiger partial charge in [0.1, 0.15) is 23.1 Å². The Morgan fingerprint density at radius 2 is 1.74 bits per heavy atom. The van der Waals surface area contributed by atoms with Crippen molar-refractivity contribution >= 4 is 17.4 Å². The van der Waals surface area contributed by atoms with Gasteiger partial charge in [-0.05, 0) is 66.9 Å². The Balaban J connectivity index is 1.58. The quantitative estimate of drug-likeness (QED) is 0.302. The minimum Gasteiger partial charge on any atom is -0.507 e. The average molecular weight is 474 g/mol. The smallest absolute Gasteiger partial charge is 0.295 e. The molecule has 3 aromatic carbocycles. The molecule has 0 radical (unpaired) electrons. The molecule has 2 saturated heterocycles. The summed E-state index contributed by atoms with van der Waals surface area (Å²) < 4.78 is 25.2. The zero-order valence-electron chi connectivity index (χ0n) is 18.9. The third kappa shape index (κ3) is 4.68. The van der Waals surface area contributed by atoms with Crippen LogP contribution in [0.3, 0.4) is 0 Å². The molecule has 0 saturated carbocycles. The van der Waals surface area contributed by atoms with Crippen molar-refractivity contribution in [1.82, 2.24) is 4.90 Å². The highest BCUT2D eigenvalue weighted by atomic mass is 19.1. The Morgan fingerprint density at radius 3 is 2.46 bits per heavy atom. The lowest BCUT2D eigenvalue weighted by Gasteiger charge is -2.27. The number of aliphatic hydroxyl groups excluding tert-OH is 1. The number of para-hydroxylation sites is 1. The summed E-state index contributed by atoms with van der Waals surface area (Å²) in [4.78, 5) is 27.8. The third-order valence-corrected chi connectivity index (χ3v) is 6.23. The van der Waals surface area contributed by atoms with Crippen LogP contribution in [0.2, 0.25) is 0 Å². The number of aliphatic hydroxyl groups is 1. The number of nitrogens with zero attached hydrogens (tertiary/aromatic N) is 1. The van der Waals surface area contributed by atoms with E-state index in [1.165, 1.54) is 29.2 Å². The summed E-state index contributed by atoms with van der Waals surface area (Å²) in [5, 5.41) is 11.1. The summed E-state index contributed by atoms with van der Waals surface area (Å²) in [5.74, 6) is -1.14. The predicted molar refractivity (Wildman–Crippen MR) is 127 cm³/mol. The molecule has 178 valence electrons. The van der Waals surface area contributed by atoms with Crippen molar-refractivity contribution in [3.05, 3.63) is 101 Å². The summed E-state index contributed by atoms with van der Waals surface area (Å²) >= 11 is 0. The molecule has 5 rings (SSSR count). The molecule has 7 heteroatoms. The van der Waals surface area contributed by atoms with Gasteiger partial charge in [0, 0.05) is 18.7 Å². The number of likely N-dealkylation sites (tertiary alicyclic amines) is 1. The molecule has 0 spiro atoms. The number of ketones is 1. The summed E-state index contributed by atoms with van der Waals surface area (Å²) in [6.07, 6.45) is 1.48. The van der Waals surface area contributed by atoms with Crippen molar-refractivity contribution < 1.29 is 28.6 Å². The Hall–Kier alpha value is -3.97. The summed E-state index contributed by atoms with van der Waals surface area (Å²) in [7, 11) is 0. The van der Waals surface area contributed by atoms with Crippen molar-refractivity contribution in [2.24, 2.45) is 0 Å². The van der Waals surface area contributed by atoms with Crippen molar-refractivity contribution in [3.63, 3.8) is 0 Å². The van der Waals surface area contributed by atoms with E-state index >= 15 is 0 Å². The molecule has 2 fully saturated rings. The van der Waals surface area contributed by atoms with Gasteiger partial charge in [-0.2, -0.15) is 0 Å². The van der Waals surface area contributed by atoms with Gasteiger partial charge in [-0.1, -0.05) is 30.3 Å². The van der Waals surface area contributed by atoms with Gasteiger partial charge in [0.15, 0.2) is 0 Å². The third-order valence-electron chi connectivity index (χ3n) is 6.23. The van der Waals surface area contributed by atoms with Gasteiger partial charge in [0.2, 0.25) is 0 Å². The Bertz CT molecular complexity index is 1270. The van der Waals surface area contributed by atoms with Gasteiger partial charge in [-0.3, -0.25) is 9.59 Å². The van der Waals surface area contributed by atoms with Gasteiger partial charge in [-0.25, -0.2) is 4.39 Å². The van der Waals surface area contributed by atoms with E-state index in [0.29, 0.717) is 23.7 Å². The number of halogens is 1. The van der Waals surface area contributed by atoms with Gasteiger partial charge in [-0.15, -0.1) is 0 Å². The highest BCUT2D eigenvalue weighted by Crippen LogP contribution is 2.41. The van der Waals surface area contributed by atoms with Crippen LogP contribution in [0.1, 0.15) is 30.0 Å². The van der Waals surface area contributed by atoms with E-state index in [0.717, 1.165) is 12.8 Å². The molecule has 2 aliphatic rings. The van der Waals surface area contributed by atoms with E-state index in [4.69, 9.17) is 9.47 Å². The molecule has 3 aromatic rings. The molecular formula is C28H24FNO5. The van der Waals surface area contributed by atoms with E-state index < -0.39 is 23.5 Å². The molecule has 2 atom stereocenters. The highest BCUT2D eigenvalue weighted by Gasteiger charge is 2.47. The first-order valence-electron chi connectivity index (χ1n) is 11.5. The molecule has 2 heterocycles. The zero-order valence-corrected chi connectivity index (χ0v) is 18.9. The number of benzene rings is 3. The van der Waals surface area contributed by atoms with Crippen LogP contribution in [-0.4, -0.2) is 41.0 Å². The summed E-state index contributed by atoms with van der Waals surface area (Å²) in [5.41, 5.74) is 0.818. The van der Waals surface area contributed by atoms with Crippen molar-refractivity contribution in [1.29, 1.82) is 0 Å². The number of hydrogen-bond donors (Lipinski definition) is 1. The molecule has 2 aliphatic heterocycles. The van der Waals surface area contributed by atoms with E-state index in [1.807, 2.05) is 30.3 Å². The predicted octanol–water partition coefficient (Wildman–Crippen LogP) is 5.22. The van der Waals surface area contributed by atoms with Crippen LogP contribution < -0.4 is 4.74 Å². The van der Waals surface area contributed by atoms with E-state index in [-0.39, 0.29) is 29.5 Å². The summed E-state index contributed by atoms with van der Waals surface area (Å²) in [6, 6.07) is 20.7. The first-order valence-corrected chi connectivity index (χ1v) is 11.5. The molecule has 6 nitrogen and oxygen atoms in total. The maximum atomic E-state index is 13.5. The second-order valence-electron chi connectivity index (χ2n) is 8.58. The van der Waals surface area contributed by atoms with Gasteiger partial charge in [0.25, 0.3) is 11.7 Å². The molecule has 0 unspecified atom stereocenters. The Labute approximate surface area is 202 Å². The van der Waals surface area contributed by atoms with Crippen molar-refractivity contribution in [3.8, 4) is 11.5 Å². The van der Waals surface area contributed by atoms with Crippen LogP contribution in [0.5, 0.6) is 11.5 Å². The van der Waals surface area contributed by atoms with Crippen LogP contribution in [0.15, 0.2) is 84.4 Å². The molecule has 1 amide bonds. The van der Waals surface area contributed by atoms with Crippen LogP contribution in [0, 0.1) is 5.82 Å². The molecule has 35 heavy (non-hydrogen) atoms. The average Bonchev–Trinajstić information content (AvgIpc) is 3.47. The van der Waals surface area contributed by atoms with E-state index in [2.05, 4.69) is 0 Å². The molecule has 0 bridgehead atoms. The molecule has 0 aromatic heterocycles. The van der Waals surface area contributed by atoms with Gasteiger partial charge in [0.05, 0.1) is 17.7 Å². The first kappa shape index (κ1) is 22.8. The van der Waals surface area contributed by atoms with Gasteiger partial charge < -0.3 is 19.5 Å². The van der Waals surface area contributed by atoms with E-state index in [1.54, 1.807) is 24.3 Å². The lowest BCUT2D eigenvalue weighted by molar-refractivity contribution is -0.140. The minimum atomic E-state index is -0.844. The number of Topliss-reactive ketones (excluding diaryl/α,β-unsaturated/α-hetero) is 1. The lowest BCUT2D eigenvalue weighted by atomic mass is 9.95. The SMILES string of the molecule is O=C1C(=O)N(C[C@H]2CCCO2)[C@@H](c2cccc(Oc3ccccc3)c2)C1=C(O)c1ccc(F)cc1. The second kappa shape index (κ2) is 9.72. The maximum Gasteiger partial charge on any atom is 0.295 e. The van der Waals surface area contributed by atoms with Crippen LogP contribution >= 0.6 is 0 Å². The second-order valence-corrected chi connectivity index (χ2v) is 8.58. The number of ether oxygens (including phenoxy) is 2. The largest absolute Gasteiger partial charge is 0.507 e. The Morgan fingerprint density at radius 1 is 1.00 bits per heavy atom. The van der Waals surface area contributed by atoms with Crippen LogP contribution in [0.25, 0.3) is 5.76 Å². The number of hydrogen-bond acceptors (Lipinski definition) is 5. The van der Waals surface area contributed by atoms with Gasteiger partial charge >= 0.3 is 0 Å². The van der Waals surface area contributed by atoms with Crippen LogP contribution in [-0.2, 0) is 14.3 Å². The number of amides is 1. The first-order chi connectivity index (χ1) is 17.0. The fraction of sp³-hybridized carbons (Fsp3) is 0.214. The standard InChI is InChI=1S/C28H24FNO5/c29-20-13-11-18(12-14-20)26(31)24-25(30(28(33)27(24)32)17-23-10-5-15-34-23)19-6-4-9-22(16-19)35-21-7-2-1-3-8-21/h1-4,6-9,11-14,16,23,25,31H,5,10,15,17H2/t23-,25+/m1/s1. The minimum absolute atomic E-state index is 0.0449.